The average molecular weight is 328 g/mol. The van der Waals surface area contributed by atoms with Crippen LogP contribution in [-0.4, -0.2) is 35.9 Å². The summed E-state index contributed by atoms with van der Waals surface area (Å²) in [6, 6.07) is 12.2. The van der Waals surface area contributed by atoms with E-state index in [0.717, 1.165) is 11.3 Å². The Kier molecular flexibility index (Phi) is 5.52. The van der Waals surface area contributed by atoms with Crippen LogP contribution in [0.2, 0.25) is 0 Å². The van der Waals surface area contributed by atoms with Crippen molar-refractivity contribution in [1.29, 1.82) is 0 Å². The highest BCUT2D eigenvalue weighted by atomic mass is 16.6. The quantitative estimate of drug-likeness (QED) is 0.602. The molecule has 0 aliphatic heterocycles. The molecule has 0 aliphatic rings. The number of benzene rings is 2. The first-order valence-corrected chi connectivity index (χ1v) is 7.58. The molecule has 0 fully saturated rings. The molecule has 1 amide bonds. The molecule has 0 atom stereocenters. The number of likely N-dealkylation sites (N-methyl/N-ethyl adjacent to an activating group) is 1. The van der Waals surface area contributed by atoms with E-state index >= 15 is 0 Å². The van der Waals surface area contributed by atoms with Crippen LogP contribution in [0.15, 0.2) is 42.5 Å². The lowest BCUT2D eigenvalue weighted by Gasteiger charge is -2.17. The number of carbonyl (C=O) groups is 1. The van der Waals surface area contributed by atoms with Crippen LogP contribution in [0.25, 0.3) is 0 Å². The van der Waals surface area contributed by atoms with Gasteiger partial charge in [0, 0.05) is 24.2 Å². The second-order valence-corrected chi connectivity index (χ2v) is 5.65. The number of nitrogens with zero attached hydrogens (tertiary/aromatic N) is 2. The zero-order valence-corrected chi connectivity index (χ0v) is 14.0. The number of nitro benzene ring substituents is 1. The number of hydrogen-bond donors (Lipinski definition) is 0. The van der Waals surface area contributed by atoms with Crippen molar-refractivity contribution in [2.45, 2.75) is 13.8 Å². The molecule has 0 N–H and O–H groups in total. The van der Waals surface area contributed by atoms with Gasteiger partial charge >= 0.3 is 0 Å². The molecule has 126 valence electrons. The topological polar surface area (TPSA) is 72.7 Å². The summed E-state index contributed by atoms with van der Waals surface area (Å²) in [5.74, 6) is 0.479. The lowest BCUT2D eigenvalue weighted by atomic mass is 10.1. The van der Waals surface area contributed by atoms with Crippen molar-refractivity contribution >= 4 is 11.6 Å². The first-order valence-electron chi connectivity index (χ1n) is 7.58. The van der Waals surface area contributed by atoms with Crippen molar-refractivity contribution < 1.29 is 14.5 Å². The van der Waals surface area contributed by atoms with E-state index in [0.29, 0.717) is 24.3 Å². The van der Waals surface area contributed by atoms with Crippen molar-refractivity contribution in [2.24, 2.45) is 0 Å². The molecule has 2 aromatic carbocycles. The fourth-order valence-corrected chi connectivity index (χ4v) is 2.27. The number of nitro groups is 1. The standard InChI is InChI=1S/C18H20N2O4/c1-13-5-4-6-16(11-13)24-10-9-19(3)18(21)15-8-7-14(2)17(12-15)20(22)23/h4-8,11-12H,9-10H2,1-3H3. The molecule has 2 aromatic rings. The summed E-state index contributed by atoms with van der Waals surface area (Å²) in [6.07, 6.45) is 0. The van der Waals surface area contributed by atoms with Crippen LogP contribution in [0.5, 0.6) is 5.75 Å². The van der Waals surface area contributed by atoms with Crippen molar-refractivity contribution in [1.82, 2.24) is 4.90 Å². The maximum absolute atomic E-state index is 12.4. The van der Waals surface area contributed by atoms with Crippen LogP contribution in [0.3, 0.4) is 0 Å². The first kappa shape index (κ1) is 17.5. The summed E-state index contributed by atoms with van der Waals surface area (Å²) in [5.41, 5.74) is 1.88. The third kappa shape index (κ3) is 4.32. The molecular formula is C18H20N2O4. The second kappa shape index (κ2) is 7.59. The van der Waals surface area contributed by atoms with E-state index in [2.05, 4.69) is 0 Å². The molecule has 0 heterocycles. The Labute approximate surface area is 140 Å². The molecular weight excluding hydrogens is 308 g/mol. The number of carbonyl (C=O) groups excluding carboxylic acids is 1. The molecule has 6 nitrogen and oxygen atoms in total. The summed E-state index contributed by atoms with van der Waals surface area (Å²) in [5, 5.41) is 11.0. The lowest BCUT2D eigenvalue weighted by molar-refractivity contribution is -0.385. The maximum Gasteiger partial charge on any atom is 0.273 e. The minimum absolute atomic E-state index is 0.0507. The van der Waals surface area contributed by atoms with Gasteiger partial charge in [-0.3, -0.25) is 14.9 Å². The fraction of sp³-hybridized carbons (Fsp3) is 0.278. The van der Waals surface area contributed by atoms with E-state index in [4.69, 9.17) is 4.74 Å². The number of rotatable bonds is 6. The van der Waals surface area contributed by atoms with Gasteiger partial charge < -0.3 is 9.64 Å². The smallest absolute Gasteiger partial charge is 0.273 e. The summed E-state index contributed by atoms with van der Waals surface area (Å²) >= 11 is 0. The van der Waals surface area contributed by atoms with Crippen molar-refractivity contribution in [3.05, 3.63) is 69.3 Å². The van der Waals surface area contributed by atoms with Gasteiger partial charge in [-0.05, 0) is 37.6 Å². The molecule has 6 heteroatoms. The molecule has 0 bridgehead atoms. The predicted octanol–water partition coefficient (Wildman–Crippen LogP) is 3.36. The lowest BCUT2D eigenvalue weighted by Crippen LogP contribution is -2.30. The predicted molar refractivity (Wildman–Crippen MR) is 91.5 cm³/mol. The van der Waals surface area contributed by atoms with E-state index in [1.807, 2.05) is 31.2 Å². The minimum atomic E-state index is -0.479. The van der Waals surface area contributed by atoms with Gasteiger partial charge in [-0.15, -0.1) is 0 Å². The van der Waals surface area contributed by atoms with Crippen molar-refractivity contribution in [3.63, 3.8) is 0 Å². The van der Waals surface area contributed by atoms with Gasteiger partial charge in [-0.2, -0.15) is 0 Å². The zero-order valence-electron chi connectivity index (χ0n) is 14.0. The molecule has 24 heavy (non-hydrogen) atoms. The Balaban J connectivity index is 1.97. The Morgan fingerprint density at radius 2 is 1.96 bits per heavy atom. The highest BCUT2D eigenvalue weighted by Crippen LogP contribution is 2.20. The highest BCUT2D eigenvalue weighted by molar-refractivity contribution is 5.94. The SMILES string of the molecule is Cc1cccc(OCCN(C)C(=O)c2ccc(C)c([N+](=O)[O-])c2)c1. The maximum atomic E-state index is 12.4. The number of aryl methyl sites for hydroxylation is 2. The van der Waals surface area contributed by atoms with E-state index < -0.39 is 4.92 Å². The normalized spacial score (nSPS) is 10.3. The van der Waals surface area contributed by atoms with Gasteiger partial charge in [0.25, 0.3) is 11.6 Å². The Morgan fingerprint density at radius 1 is 1.21 bits per heavy atom. The third-order valence-corrected chi connectivity index (χ3v) is 3.68. The Hall–Kier alpha value is -2.89. The summed E-state index contributed by atoms with van der Waals surface area (Å²) < 4.78 is 5.62. The second-order valence-electron chi connectivity index (χ2n) is 5.65. The zero-order chi connectivity index (χ0) is 17.7. The van der Waals surface area contributed by atoms with E-state index in [-0.39, 0.29) is 11.6 Å². The van der Waals surface area contributed by atoms with Gasteiger partial charge in [-0.25, -0.2) is 0 Å². The molecule has 0 aromatic heterocycles. The van der Waals surface area contributed by atoms with Gasteiger partial charge in [0.2, 0.25) is 0 Å². The summed E-state index contributed by atoms with van der Waals surface area (Å²) in [7, 11) is 1.65. The van der Waals surface area contributed by atoms with Gasteiger partial charge in [0.1, 0.15) is 12.4 Å². The largest absolute Gasteiger partial charge is 0.492 e. The molecule has 0 radical (unpaired) electrons. The summed E-state index contributed by atoms with van der Waals surface area (Å²) in [4.78, 5) is 24.4. The first-order chi connectivity index (χ1) is 11.4. The average Bonchev–Trinajstić information content (AvgIpc) is 2.54. The van der Waals surface area contributed by atoms with Crippen LogP contribution in [0, 0.1) is 24.0 Å². The molecule has 0 spiro atoms. The minimum Gasteiger partial charge on any atom is -0.492 e. The highest BCUT2D eigenvalue weighted by Gasteiger charge is 2.17. The van der Waals surface area contributed by atoms with Gasteiger partial charge in [0.05, 0.1) is 11.5 Å². The van der Waals surface area contributed by atoms with Gasteiger partial charge in [-0.1, -0.05) is 18.2 Å². The molecule has 2 rings (SSSR count). The van der Waals surface area contributed by atoms with Crippen molar-refractivity contribution in [3.8, 4) is 5.75 Å². The number of ether oxygens (including phenoxy) is 1. The number of amides is 1. The monoisotopic (exact) mass is 328 g/mol. The van der Waals surface area contributed by atoms with E-state index in [1.165, 1.54) is 11.0 Å². The van der Waals surface area contributed by atoms with Crippen LogP contribution >= 0.6 is 0 Å². The van der Waals surface area contributed by atoms with Crippen LogP contribution in [0.1, 0.15) is 21.5 Å². The van der Waals surface area contributed by atoms with Crippen LogP contribution in [0.4, 0.5) is 5.69 Å². The summed E-state index contributed by atoms with van der Waals surface area (Å²) in [6.45, 7) is 4.35. The molecule has 0 aliphatic carbocycles. The number of hydrogen-bond acceptors (Lipinski definition) is 4. The molecule has 0 saturated carbocycles. The Morgan fingerprint density at radius 3 is 2.62 bits per heavy atom. The molecule has 0 saturated heterocycles. The Bertz CT molecular complexity index is 758. The third-order valence-electron chi connectivity index (χ3n) is 3.68. The fourth-order valence-electron chi connectivity index (χ4n) is 2.27. The van der Waals surface area contributed by atoms with Crippen molar-refractivity contribution in [2.75, 3.05) is 20.2 Å². The molecule has 0 unspecified atom stereocenters. The van der Waals surface area contributed by atoms with Gasteiger partial charge in [0.15, 0.2) is 0 Å². The van der Waals surface area contributed by atoms with Crippen LogP contribution < -0.4 is 4.74 Å². The van der Waals surface area contributed by atoms with Crippen LogP contribution in [-0.2, 0) is 0 Å². The van der Waals surface area contributed by atoms with E-state index in [9.17, 15) is 14.9 Å². The van der Waals surface area contributed by atoms with E-state index in [1.54, 1.807) is 26.1 Å².